The Labute approximate surface area is 109 Å². The molecule has 1 aromatic rings. The van der Waals surface area contributed by atoms with Crippen LogP contribution in [0.4, 0.5) is 0 Å². The molecule has 1 N–H and O–H groups in total. The number of methoxy groups -OCH3 is 1. The molecular formula is C14H22N2O2. The summed E-state index contributed by atoms with van der Waals surface area (Å²) in [6.07, 6.45) is 1.09. The molecule has 0 aliphatic heterocycles. The molecule has 0 aromatic heterocycles. The van der Waals surface area contributed by atoms with Crippen LogP contribution < -0.4 is 5.32 Å². The predicted octanol–water partition coefficient (Wildman–Crippen LogP) is 1.51. The second-order valence-corrected chi connectivity index (χ2v) is 4.48. The molecule has 0 saturated heterocycles. The highest BCUT2D eigenvalue weighted by atomic mass is 16.5. The molecule has 0 bridgehead atoms. The van der Waals surface area contributed by atoms with Crippen LogP contribution >= 0.6 is 0 Å². The quantitative estimate of drug-likeness (QED) is 0.588. The fourth-order valence-electron chi connectivity index (χ4n) is 1.73. The Kier molecular flexibility index (Phi) is 6.39. The van der Waals surface area contributed by atoms with Crippen LogP contribution in [0, 0.1) is 0 Å². The number of ether oxygens (including phenoxy) is 1. The zero-order chi connectivity index (χ0) is 13.4. The normalized spacial score (nSPS) is 10.7. The van der Waals surface area contributed by atoms with E-state index in [-0.39, 0.29) is 5.97 Å². The summed E-state index contributed by atoms with van der Waals surface area (Å²) < 4.78 is 4.76. The van der Waals surface area contributed by atoms with Crippen molar-refractivity contribution in [2.45, 2.75) is 13.0 Å². The monoisotopic (exact) mass is 250 g/mol. The molecule has 18 heavy (non-hydrogen) atoms. The number of carbonyl (C=O) groups is 1. The van der Waals surface area contributed by atoms with Crippen molar-refractivity contribution in [2.75, 3.05) is 34.3 Å². The van der Waals surface area contributed by atoms with Crippen LogP contribution in [0.25, 0.3) is 0 Å². The number of hydrogen-bond donors (Lipinski definition) is 1. The Morgan fingerprint density at radius 1 is 1.33 bits per heavy atom. The van der Waals surface area contributed by atoms with E-state index < -0.39 is 0 Å². The molecule has 1 aromatic carbocycles. The first kappa shape index (κ1) is 14.7. The molecular weight excluding hydrogens is 228 g/mol. The Morgan fingerprint density at radius 3 is 2.72 bits per heavy atom. The first-order valence-corrected chi connectivity index (χ1v) is 6.17. The molecule has 4 heteroatoms. The van der Waals surface area contributed by atoms with Crippen LogP contribution in [0.15, 0.2) is 24.3 Å². The number of nitrogens with one attached hydrogen (secondary N) is 1. The summed E-state index contributed by atoms with van der Waals surface area (Å²) in [6, 6.07) is 7.53. The van der Waals surface area contributed by atoms with Crippen molar-refractivity contribution >= 4 is 5.97 Å². The van der Waals surface area contributed by atoms with Gasteiger partial charge in [0.15, 0.2) is 0 Å². The van der Waals surface area contributed by atoms with Crippen LogP contribution in [0.2, 0.25) is 0 Å². The Bertz CT molecular complexity index is 378. The van der Waals surface area contributed by atoms with E-state index in [1.165, 1.54) is 7.11 Å². The zero-order valence-electron chi connectivity index (χ0n) is 11.4. The van der Waals surface area contributed by atoms with E-state index in [2.05, 4.69) is 24.3 Å². The van der Waals surface area contributed by atoms with Crippen LogP contribution in [0.5, 0.6) is 0 Å². The number of nitrogens with zero attached hydrogens (tertiary/aromatic N) is 1. The van der Waals surface area contributed by atoms with E-state index in [0.717, 1.165) is 25.1 Å². The molecule has 0 aliphatic carbocycles. The molecule has 0 amide bonds. The van der Waals surface area contributed by atoms with E-state index in [9.17, 15) is 4.79 Å². The zero-order valence-corrected chi connectivity index (χ0v) is 11.4. The minimum atomic E-state index is -0.277. The third-order valence-electron chi connectivity index (χ3n) is 2.70. The summed E-state index contributed by atoms with van der Waals surface area (Å²) in [5.41, 5.74) is 1.62. The van der Waals surface area contributed by atoms with E-state index in [4.69, 9.17) is 4.74 Å². The molecule has 0 unspecified atom stereocenters. The first-order chi connectivity index (χ1) is 8.65. The second-order valence-electron chi connectivity index (χ2n) is 4.48. The summed E-state index contributed by atoms with van der Waals surface area (Å²) in [6.45, 7) is 2.69. The summed E-state index contributed by atoms with van der Waals surface area (Å²) in [5.74, 6) is -0.277. The van der Waals surface area contributed by atoms with Gasteiger partial charge in [-0.1, -0.05) is 18.2 Å². The SMILES string of the molecule is COC(=O)c1ccccc1CNCCCN(C)C. The maximum atomic E-state index is 11.6. The minimum absolute atomic E-state index is 0.277. The van der Waals surface area contributed by atoms with Gasteiger partial charge in [0, 0.05) is 6.54 Å². The Morgan fingerprint density at radius 2 is 2.06 bits per heavy atom. The molecule has 0 fully saturated rings. The number of hydrogen-bond acceptors (Lipinski definition) is 4. The predicted molar refractivity (Wildman–Crippen MR) is 72.7 cm³/mol. The van der Waals surface area contributed by atoms with Gasteiger partial charge in [0.2, 0.25) is 0 Å². The lowest BCUT2D eigenvalue weighted by Gasteiger charge is -2.11. The highest BCUT2D eigenvalue weighted by Crippen LogP contribution is 2.09. The molecule has 0 aliphatic rings. The molecule has 0 spiro atoms. The molecule has 0 saturated carbocycles. The molecule has 4 nitrogen and oxygen atoms in total. The van der Waals surface area contributed by atoms with Crippen LogP contribution in [0.1, 0.15) is 22.3 Å². The van der Waals surface area contributed by atoms with Crippen molar-refractivity contribution in [2.24, 2.45) is 0 Å². The number of carbonyl (C=O) groups excluding carboxylic acids is 1. The fraction of sp³-hybridized carbons (Fsp3) is 0.500. The molecule has 100 valence electrons. The number of rotatable bonds is 7. The average Bonchev–Trinajstić information content (AvgIpc) is 2.37. The van der Waals surface area contributed by atoms with Crippen LogP contribution in [0.3, 0.4) is 0 Å². The van der Waals surface area contributed by atoms with Gasteiger partial charge in [-0.15, -0.1) is 0 Å². The standard InChI is InChI=1S/C14H22N2O2/c1-16(2)10-6-9-15-11-12-7-4-5-8-13(12)14(17)18-3/h4-5,7-8,15H,6,9-11H2,1-3H3. The average molecular weight is 250 g/mol. The summed E-state index contributed by atoms with van der Waals surface area (Å²) in [5, 5.41) is 3.34. The molecule has 0 atom stereocenters. The van der Waals surface area contributed by atoms with Crippen molar-refractivity contribution in [1.29, 1.82) is 0 Å². The van der Waals surface area contributed by atoms with Gasteiger partial charge in [-0.05, 0) is 45.2 Å². The Balaban J connectivity index is 2.44. The summed E-state index contributed by atoms with van der Waals surface area (Å²) >= 11 is 0. The van der Waals surface area contributed by atoms with Crippen molar-refractivity contribution < 1.29 is 9.53 Å². The van der Waals surface area contributed by atoms with E-state index in [1.54, 1.807) is 6.07 Å². The van der Waals surface area contributed by atoms with Gasteiger partial charge in [-0.2, -0.15) is 0 Å². The minimum Gasteiger partial charge on any atom is -0.465 e. The number of benzene rings is 1. The first-order valence-electron chi connectivity index (χ1n) is 6.17. The highest BCUT2D eigenvalue weighted by molar-refractivity contribution is 5.90. The van der Waals surface area contributed by atoms with Crippen molar-refractivity contribution in [3.05, 3.63) is 35.4 Å². The lowest BCUT2D eigenvalue weighted by Crippen LogP contribution is -2.22. The van der Waals surface area contributed by atoms with Gasteiger partial charge < -0.3 is 15.0 Å². The lowest BCUT2D eigenvalue weighted by molar-refractivity contribution is 0.0599. The van der Waals surface area contributed by atoms with Crippen molar-refractivity contribution in [1.82, 2.24) is 10.2 Å². The van der Waals surface area contributed by atoms with Gasteiger partial charge in [-0.25, -0.2) is 4.79 Å². The smallest absolute Gasteiger partial charge is 0.338 e. The van der Waals surface area contributed by atoms with Gasteiger partial charge in [0.1, 0.15) is 0 Å². The molecule has 0 radical (unpaired) electrons. The van der Waals surface area contributed by atoms with Crippen LogP contribution in [-0.4, -0.2) is 45.2 Å². The lowest BCUT2D eigenvalue weighted by atomic mass is 10.1. The van der Waals surface area contributed by atoms with Gasteiger partial charge >= 0.3 is 5.97 Å². The molecule has 0 heterocycles. The third kappa shape index (κ3) is 4.85. The maximum Gasteiger partial charge on any atom is 0.338 e. The summed E-state index contributed by atoms with van der Waals surface area (Å²) in [4.78, 5) is 13.7. The largest absolute Gasteiger partial charge is 0.465 e. The molecule has 1 rings (SSSR count). The van der Waals surface area contributed by atoms with Gasteiger partial charge in [0.05, 0.1) is 12.7 Å². The van der Waals surface area contributed by atoms with Crippen LogP contribution in [-0.2, 0) is 11.3 Å². The van der Waals surface area contributed by atoms with Gasteiger partial charge in [0.25, 0.3) is 0 Å². The summed E-state index contributed by atoms with van der Waals surface area (Å²) in [7, 11) is 5.53. The van der Waals surface area contributed by atoms with Gasteiger partial charge in [-0.3, -0.25) is 0 Å². The third-order valence-corrected chi connectivity index (χ3v) is 2.70. The van der Waals surface area contributed by atoms with E-state index in [1.807, 2.05) is 18.2 Å². The van der Waals surface area contributed by atoms with E-state index in [0.29, 0.717) is 12.1 Å². The highest BCUT2D eigenvalue weighted by Gasteiger charge is 2.09. The van der Waals surface area contributed by atoms with Crippen molar-refractivity contribution in [3.63, 3.8) is 0 Å². The van der Waals surface area contributed by atoms with E-state index >= 15 is 0 Å². The Hall–Kier alpha value is -1.39. The van der Waals surface area contributed by atoms with Crippen molar-refractivity contribution in [3.8, 4) is 0 Å². The topological polar surface area (TPSA) is 41.6 Å². The second kappa shape index (κ2) is 7.84. The fourth-order valence-corrected chi connectivity index (χ4v) is 1.73. The maximum absolute atomic E-state index is 11.6. The number of esters is 1.